The quantitative estimate of drug-likeness (QED) is 0.638. The maximum Gasteiger partial charge on any atom is 0.310 e. The molecule has 0 saturated heterocycles. The Morgan fingerprint density at radius 2 is 2.58 bits per heavy atom. The molecule has 2 nitrogen and oxygen atoms in total. The third-order valence-electron chi connectivity index (χ3n) is 3.58. The van der Waals surface area contributed by atoms with Crippen molar-refractivity contribution in [2.24, 2.45) is 11.3 Å². The molecule has 2 heteroatoms. The molecule has 0 aliphatic heterocycles. The fourth-order valence-electron chi connectivity index (χ4n) is 2.72. The molecule has 2 bridgehead atoms. The lowest BCUT2D eigenvalue weighted by atomic mass is 9.73. The van der Waals surface area contributed by atoms with E-state index in [1.54, 1.807) is 0 Å². The molecule has 2 aliphatic rings. The molecule has 0 spiro atoms. The lowest BCUT2D eigenvalue weighted by molar-refractivity contribution is -0.151. The summed E-state index contributed by atoms with van der Waals surface area (Å²) in [7, 11) is 0. The Morgan fingerprint density at radius 3 is 2.83 bits per heavy atom. The van der Waals surface area contributed by atoms with Crippen LogP contribution in [0.15, 0.2) is 11.6 Å². The van der Waals surface area contributed by atoms with Gasteiger partial charge in [0.2, 0.25) is 0 Å². The van der Waals surface area contributed by atoms with Gasteiger partial charge in [-0.3, -0.25) is 4.79 Å². The van der Waals surface area contributed by atoms with Crippen LogP contribution in [-0.2, 0) is 4.79 Å². The van der Waals surface area contributed by atoms with Crippen LogP contribution in [0.2, 0.25) is 0 Å². The van der Waals surface area contributed by atoms with Crippen LogP contribution < -0.4 is 0 Å². The average molecular weight is 166 g/mol. The number of allylic oxidation sites excluding steroid dienone is 2. The normalized spacial score (nSPS) is 38.4. The smallest absolute Gasteiger partial charge is 0.310 e. The predicted octanol–water partition coefficient (Wildman–Crippen LogP) is 2.21. The Kier molecular flexibility index (Phi) is 1.53. The van der Waals surface area contributed by atoms with Gasteiger partial charge in [-0.2, -0.15) is 0 Å². The van der Waals surface area contributed by atoms with Crippen LogP contribution in [0.1, 0.15) is 32.6 Å². The molecule has 66 valence electrons. The Bertz CT molecular complexity index is 255. The first-order valence-electron chi connectivity index (χ1n) is 4.60. The minimum Gasteiger partial charge on any atom is -0.481 e. The zero-order valence-electron chi connectivity index (χ0n) is 7.34. The first-order valence-corrected chi connectivity index (χ1v) is 4.60. The van der Waals surface area contributed by atoms with Gasteiger partial charge < -0.3 is 5.11 Å². The van der Waals surface area contributed by atoms with Crippen molar-refractivity contribution < 1.29 is 9.90 Å². The summed E-state index contributed by atoms with van der Waals surface area (Å²) in [4.78, 5) is 11.1. The standard InChI is InChI=1S/C10H14O2/c1-2-10(9(11)12)6-7-3-4-8(10)5-7/h3,8H,2,4-6H2,1H3,(H,11,12). The summed E-state index contributed by atoms with van der Waals surface area (Å²) in [5, 5.41) is 9.16. The molecule has 0 aromatic rings. The fraction of sp³-hybridized carbons (Fsp3) is 0.700. The maximum absolute atomic E-state index is 11.1. The van der Waals surface area contributed by atoms with Gasteiger partial charge >= 0.3 is 5.97 Å². The van der Waals surface area contributed by atoms with Crippen molar-refractivity contribution in [2.45, 2.75) is 32.6 Å². The van der Waals surface area contributed by atoms with Crippen molar-refractivity contribution in [3.63, 3.8) is 0 Å². The van der Waals surface area contributed by atoms with Gasteiger partial charge in [-0.25, -0.2) is 0 Å². The van der Waals surface area contributed by atoms with Crippen LogP contribution in [0, 0.1) is 11.3 Å². The molecule has 2 aliphatic carbocycles. The minimum atomic E-state index is -0.585. The first kappa shape index (κ1) is 7.84. The number of carbonyl (C=O) groups is 1. The zero-order valence-corrected chi connectivity index (χ0v) is 7.34. The molecule has 0 radical (unpaired) electrons. The van der Waals surface area contributed by atoms with E-state index in [0.29, 0.717) is 5.92 Å². The summed E-state index contributed by atoms with van der Waals surface area (Å²) < 4.78 is 0. The third kappa shape index (κ3) is 0.780. The maximum atomic E-state index is 11.1. The highest BCUT2D eigenvalue weighted by Gasteiger charge is 2.51. The first-order chi connectivity index (χ1) is 5.69. The predicted molar refractivity (Wildman–Crippen MR) is 45.8 cm³/mol. The molecule has 1 saturated carbocycles. The van der Waals surface area contributed by atoms with Gasteiger partial charge in [0.05, 0.1) is 5.41 Å². The number of rotatable bonds is 2. The van der Waals surface area contributed by atoms with E-state index in [4.69, 9.17) is 5.11 Å². The molecule has 2 atom stereocenters. The van der Waals surface area contributed by atoms with Gasteiger partial charge in [0.1, 0.15) is 0 Å². The summed E-state index contributed by atoms with van der Waals surface area (Å²) >= 11 is 0. The van der Waals surface area contributed by atoms with Crippen molar-refractivity contribution in [3.05, 3.63) is 11.6 Å². The highest BCUT2D eigenvalue weighted by molar-refractivity contribution is 5.77. The Hall–Kier alpha value is -0.790. The van der Waals surface area contributed by atoms with Crippen LogP contribution in [0.25, 0.3) is 0 Å². The van der Waals surface area contributed by atoms with E-state index >= 15 is 0 Å². The highest BCUT2D eigenvalue weighted by Crippen LogP contribution is 2.54. The molecule has 0 heterocycles. The summed E-state index contributed by atoms with van der Waals surface area (Å²) in [6, 6.07) is 0. The zero-order chi connectivity index (χ0) is 8.77. The second-order valence-corrected chi connectivity index (χ2v) is 3.99. The van der Waals surface area contributed by atoms with Crippen molar-refractivity contribution in [2.75, 3.05) is 0 Å². The van der Waals surface area contributed by atoms with Crippen LogP contribution in [-0.4, -0.2) is 11.1 Å². The van der Waals surface area contributed by atoms with Crippen molar-refractivity contribution in [1.82, 2.24) is 0 Å². The number of carboxylic acid groups (broad SMARTS) is 1. The number of carboxylic acids is 1. The van der Waals surface area contributed by atoms with Crippen LogP contribution in [0.3, 0.4) is 0 Å². The van der Waals surface area contributed by atoms with Crippen LogP contribution in [0.5, 0.6) is 0 Å². The van der Waals surface area contributed by atoms with E-state index in [9.17, 15) is 4.79 Å². The van der Waals surface area contributed by atoms with Gasteiger partial charge in [-0.05, 0) is 31.6 Å². The monoisotopic (exact) mass is 166 g/mol. The molecular formula is C10H14O2. The largest absolute Gasteiger partial charge is 0.481 e. The second kappa shape index (κ2) is 2.35. The molecule has 1 fully saturated rings. The third-order valence-corrected chi connectivity index (χ3v) is 3.58. The minimum absolute atomic E-state index is 0.398. The van der Waals surface area contributed by atoms with Crippen LogP contribution >= 0.6 is 0 Å². The molecule has 0 aromatic carbocycles. The number of aliphatic carboxylic acids is 1. The molecule has 0 amide bonds. The molecule has 12 heavy (non-hydrogen) atoms. The Balaban J connectivity index is 2.32. The van der Waals surface area contributed by atoms with Gasteiger partial charge in [-0.1, -0.05) is 18.6 Å². The van der Waals surface area contributed by atoms with E-state index < -0.39 is 11.4 Å². The second-order valence-electron chi connectivity index (χ2n) is 3.99. The topological polar surface area (TPSA) is 37.3 Å². The van der Waals surface area contributed by atoms with Crippen LogP contribution in [0.4, 0.5) is 0 Å². The van der Waals surface area contributed by atoms with Gasteiger partial charge in [0, 0.05) is 0 Å². The lowest BCUT2D eigenvalue weighted by Gasteiger charge is -2.30. The average Bonchev–Trinajstić information content (AvgIpc) is 2.62. The summed E-state index contributed by atoms with van der Waals surface area (Å²) in [6.45, 7) is 2.00. The molecular weight excluding hydrogens is 152 g/mol. The number of hydrogen-bond donors (Lipinski definition) is 1. The van der Waals surface area contributed by atoms with Crippen molar-refractivity contribution in [3.8, 4) is 0 Å². The Labute approximate surface area is 72.3 Å². The van der Waals surface area contributed by atoms with E-state index in [-0.39, 0.29) is 0 Å². The van der Waals surface area contributed by atoms with Gasteiger partial charge in [-0.15, -0.1) is 0 Å². The number of hydrogen-bond acceptors (Lipinski definition) is 1. The summed E-state index contributed by atoms with van der Waals surface area (Å²) in [6.07, 6.45) is 5.85. The fourth-order valence-corrected chi connectivity index (χ4v) is 2.72. The van der Waals surface area contributed by atoms with E-state index in [0.717, 1.165) is 25.7 Å². The SMILES string of the molecule is CCC1(C(=O)O)CC2=CCC1C2. The lowest BCUT2D eigenvalue weighted by Crippen LogP contribution is -2.34. The van der Waals surface area contributed by atoms with Crippen molar-refractivity contribution in [1.29, 1.82) is 0 Å². The van der Waals surface area contributed by atoms with E-state index in [2.05, 4.69) is 6.08 Å². The van der Waals surface area contributed by atoms with Gasteiger partial charge in [0.15, 0.2) is 0 Å². The molecule has 2 rings (SSSR count). The van der Waals surface area contributed by atoms with E-state index in [1.807, 2.05) is 6.92 Å². The molecule has 1 N–H and O–H groups in total. The van der Waals surface area contributed by atoms with Gasteiger partial charge in [0.25, 0.3) is 0 Å². The molecule has 2 unspecified atom stereocenters. The number of fused-ring (bicyclic) bond motifs is 2. The Morgan fingerprint density at radius 1 is 1.83 bits per heavy atom. The summed E-state index contributed by atoms with van der Waals surface area (Å²) in [5.74, 6) is -0.187. The highest BCUT2D eigenvalue weighted by atomic mass is 16.4. The van der Waals surface area contributed by atoms with E-state index in [1.165, 1.54) is 5.57 Å². The van der Waals surface area contributed by atoms with Crippen molar-refractivity contribution >= 4 is 5.97 Å². The summed E-state index contributed by atoms with van der Waals surface area (Å²) in [5.41, 5.74) is 0.980. The molecule has 0 aromatic heterocycles.